The molecule has 0 aliphatic carbocycles. The molecule has 0 amide bonds. The smallest absolute Gasteiger partial charge is 0.258 e. The van der Waals surface area contributed by atoms with Gasteiger partial charge in [-0.2, -0.15) is 4.98 Å². The maximum absolute atomic E-state index is 9.41. The first-order chi connectivity index (χ1) is 9.63. The Balaban J connectivity index is 1.99. The predicted octanol–water partition coefficient (Wildman–Crippen LogP) is 4.07. The molecule has 2 aromatic carbocycles. The normalized spacial score (nSPS) is 10.7. The molecule has 0 saturated carbocycles. The van der Waals surface area contributed by atoms with Crippen LogP contribution in [0.2, 0.25) is 5.02 Å². The van der Waals surface area contributed by atoms with E-state index in [2.05, 4.69) is 10.1 Å². The van der Waals surface area contributed by atoms with Gasteiger partial charge in [0.15, 0.2) is 0 Å². The predicted molar refractivity (Wildman–Crippen MR) is 76.6 cm³/mol. The van der Waals surface area contributed by atoms with Crippen LogP contribution in [-0.2, 0) is 0 Å². The van der Waals surface area contributed by atoms with Gasteiger partial charge in [-0.1, -0.05) is 16.8 Å². The van der Waals surface area contributed by atoms with Crippen LogP contribution >= 0.6 is 11.6 Å². The van der Waals surface area contributed by atoms with Crippen molar-refractivity contribution in [3.8, 4) is 28.6 Å². The van der Waals surface area contributed by atoms with Gasteiger partial charge < -0.3 is 9.63 Å². The Kier molecular flexibility index (Phi) is 3.16. The van der Waals surface area contributed by atoms with Crippen molar-refractivity contribution in [2.45, 2.75) is 6.92 Å². The Labute approximate surface area is 120 Å². The molecule has 0 aliphatic rings. The third-order valence-electron chi connectivity index (χ3n) is 2.97. The van der Waals surface area contributed by atoms with Gasteiger partial charge >= 0.3 is 0 Å². The van der Waals surface area contributed by atoms with E-state index in [0.717, 1.165) is 16.7 Å². The molecule has 3 rings (SSSR count). The summed E-state index contributed by atoms with van der Waals surface area (Å²) < 4.78 is 5.28. The molecular weight excluding hydrogens is 276 g/mol. The molecule has 0 bridgehead atoms. The Hall–Kier alpha value is -2.33. The molecule has 1 N–H and O–H groups in total. The Morgan fingerprint density at radius 2 is 1.85 bits per heavy atom. The van der Waals surface area contributed by atoms with Gasteiger partial charge in [0.05, 0.1) is 0 Å². The molecule has 0 radical (unpaired) electrons. The van der Waals surface area contributed by atoms with Gasteiger partial charge in [0.25, 0.3) is 5.89 Å². The average Bonchev–Trinajstić information content (AvgIpc) is 2.89. The highest BCUT2D eigenvalue weighted by Crippen LogP contribution is 2.27. The fourth-order valence-corrected chi connectivity index (χ4v) is 2.06. The molecule has 0 aliphatic heterocycles. The SMILES string of the molecule is Cc1cc(O)ccc1-c1nc(-c2ccc(Cl)cc2)no1. The largest absolute Gasteiger partial charge is 0.508 e. The first kappa shape index (κ1) is 12.7. The number of aromatic hydroxyl groups is 1. The van der Waals surface area contributed by atoms with Gasteiger partial charge in [0.2, 0.25) is 5.82 Å². The number of rotatable bonds is 2. The topological polar surface area (TPSA) is 59.2 Å². The van der Waals surface area contributed by atoms with Crippen LogP contribution in [-0.4, -0.2) is 15.2 Å². The van der Waals surface area contributed by atoms with Crippen LogP contribution in [0.4, 0.5) is 0 Å². The summed E-state index contributed by atoms with van der Waals surface area (Å²) in [6.45, 7) is 1.88. The Bertz CT molecular complexity index is 751. The molecule has 0 fully saturated rings. The van der Waals surface area contributed by atoms with Crippen molar-refractivity contribution >= 4 is 11.6 Å². The van der Waals surface area contributed by atoms with Crippen LogP contribution in [0.5, 0.6) is 5.75 Å². The summed E-state index contributed by atoms with van der Waals surface area (Å²) in [5, 5.41) is 14.0. The molecule has 4 nitrogen and oxygen atoms in total. The highest BCUT2D eigenvalue weighted by atomic mass is 35.5. The molecule has 0 spiro atoms. The zero-order chi connectivity index (χ0) is 14.1. The zero-order valence-electron chi connectivity index (χ0n) is 10.7. The lowest BCUT2D eigenvalue weighted by molar-refractivity contribution is 0.432. The van der Waals surface area contributed by atoms with Crippen molar-refractivity contribution in [2.24, 2.45) is 0 Å². The summed E-state index contributed by atoms with van der Waals surface area (Å²) in [5.41, 5.74) is 2.51. The van der Waals surface area contributed by atoms with E-state index in [4.69, 9.17) is 16.1 Å². The Morgan fingerprint density at radius 1 is 1.10 bits per heavy atom. The fourth-order valence-electron chi connectivity index (χ4n) is 1.94. The molecule has 0 saturated heterocycles. The van der Waals surface area contributed by atoms with Crippen LogP contribution in [0, 0.1) is 6.92 Å². The van der Waals surface area contributed by atoms with E-state index in [1.807, 2.05) is 19.1 Å². The molecule has 0 unspecified atom stereocenters. The van der Waals surface area contributed by atoms with Gasteiger partial charge in [-0.25, -0.2) is 0 Å². The molecule has 20 heavy (non-hydrogen) atoms. The quantitative estimate of drug-likeness (QED) is 0.771. The Morgan fingerprint density at radius 3 is 2.55 bits per heavy atom. The lowest BCUT2D eigenvalue weighted by Crippen LogP contribution is -1.84. The molecule has 1 aromatic heterocycles. The number of hydrogen-bond acceptors (Lipinski definition) is 4. The van der Waals surface area contributed by atoms with Crippen molar-refractivity contribution < 1.29 is 9.63 Å². The van der Waals surface area contributed by atoms with E-state index in [9.17, 15) is 5.11 Å². The molecule has 1 heterocycles. The van der Waals surface area contributed by atoms with Gasteiger partial charge in [-0.05, 0) is 55.0 Å². The van der Waals surface area contributed by atoms with E-state index in [-0.39, 0.29) is 5.75 Å². The first-order valence-electron chi connectivity index (χ1n) is 6.03. The van der Waals surface area contributed by atoms with Gasteiger partial charge in [-0.3, -0.25) is 0 Å². The molecular formula is C15H11ClN2O2. The van der Waals surface area contributed by atoms with Crippen LogP contribution in [0.15, 0.2) is 47.0 Å². The number of phenolic OH excluding ortho intramolecular Hbond substituents is 1. The first-order valence-corrected chi connectivity index (χ1v) is 6.41. The summed E-state index contributed by atoms with van der Waals surface area (Å²) in [7, 11) is 0. The van der Waals surface area contributed by atoms with E-state index in [1.54, 1.807) is 30.3 Å². The zero-order valence-corrected chi connectivity index (χ0v) is 11.4. The third kappa shape index (κ3) is 2.38. The van der Waals surface area contributed by atoms with Crippen molar-refractivity contribution in [2.75, 3.05) is 0 Å². The van der Waals surface area contributed by atoms with Crippen LogP contribution in [0.25, 0.3) is 22.8 Å². The number of aromatic nitrogens is 2. The lowest BCUT2D eigenvalue weighted by Gasteiger charge is -2.00. The second kappa shape index (κ2) is 4.98. The molecule has 5 heteroatoms. The third-order valence-corrected chi connectivity index (χ3v) is 3.22. The van der Waals surface area contributed by atoms with Crippen molar-refractivity contribution in [1.82, 2.24) is 10.1 Å². The number of hydrogen-bond donors (Lipinski definition) is 1. The van der Waals surface area contributed by atoms with Gasteiger partial charge in [0.1, 0.15) is 5.75 Å². The van der Waals surface area contributed by atoms with Crippen LogP contribution < -0.4 is 0 Å². The highest BCUT2D eigenvalue weighted by molar-refractivity contribution is 6.30. The second-order valence-electron chi connectivity index (χ2n) is 4.43. The summed E-state index contributed by atoms with van der Waals surface area (Å²) in [4.78, 5) is 4.37. The number of nitrogens with zero attached hydrogens (tertiary/aromatic N) is 2. The number of phenols is 1. The summed E-state index contributed by atoms with van der Waals surface area (Å²) in [6.07, 6.45) is 0. The molecule has 0 atom stereocenters. The monoisotopic (exact) mass is 286 g/mol. The lowest BCUT2D eigenvalue weighted by atomic mass is 10.1. The maximum Gasteiger partial charge on any atom is 0.258 e. The van der Waals surface area contributed by atoms with Gasteiger partial charge in [-0.15, -0.1) is 0 Å². The van der Waals surface area contributed by atoms with Crippen molar-refractivity contribution in [3.63, 3.8) is 0 Å². The maximum atomic E-state index is 9.41. The van der Waals surface area contributed by atoms with Crippen LogP contribution in [0.1, 0.15) is 5.56 Å². The van der Waals surface area contributed by atoms with Crippen LogP contribution in [0.3, 0.4) is 0 Å². The minimum Gasteiger partial charge on any atom is -0.508 e. The highest BCUT2D eigenvalue weighted by Gasteiger charge is 2.12. The van der Waals surface area contributed by atoms with Crippen molar-refractivity contribution in [1.29, 1.82) is 0 Å². The fraction of sp³-hybridized carbons (Fsp3) is 0.0667. The average molecular weight is 287 g/mol. The van der Waals surface area contributed by atoms with Gasteiger partial charge in [0, 0.05) is 16.1 Å². The van der Waals surface area contributed by atoms with E-state index < -0.39 is 0 Å². The summed E-state index contributed by atoms with van der Waals surface area (Å²) >= 11 is 5.85. The molecule has 3 aromatic rings. The number of benzene rings is 2. The standard InChI is InChI=1S/C15H11ClN2O2/c1-9-8-12(19)6-7-13(9)15-17-14(18-20-15)10-2-4-11(16)5-3-10/h2-8,19H,1H3. The van der Waals surface area contributed by atoms with Crippen molar-refractivity contribution in [3.05, 3.63) is 53.1 Å². The summed E-state index contributed by atoms with van der Waals surface area (Å²) in [5.74, 6) is 1.14. The van der Waals surface area contributed by atoms with E-state index >= 15 is 0 Å². The summed E-state index contributed by atoms with van der Waals surface area (Å²) in [6, 6.07) is 12.2. The minimum atomic E-state index is 0.212. The van der Waals surface area contributed by atoms with E-state index in [1.165, 1.54) is 0 Å². The number of halogens is 1. The van der Waals surface area contributed by atoms with E-state index in [0.29, 0.717) is 16.7 Å². The molecule has 100 valence electrons. The number of aryl methyl sites for hydroxylation is 1. The minimum absolute atomic E-state index is 0.212. The second-order valence-corrected chi connectivity index (χ2v) is 4.87.